The highest BCUT2D eigenvalue weighted by Gasteiger charge is 2.43. The molecule has 2 fully saturated rings. The molecule has 3 heterocycles. The topological polar surface area (TPSA) is 62.7 Å². The summed E-state index contributed by atoms with van der Waals surface area (Å²) < 4.78 is 32.1. The summed E-state index contributed by atoms with van der Waals surface area (Å²) in [5, 5.41) is 3.19. The lowest BCUT2D eigenvalue weighted by atomic mass is 9.91. The molecule has 1 aromatic heterocycles. The maximum absolute atomic E-state index is 12.2. The second-order valence-corrected chi connectivity index (χ2v) is 9.76. The number of rotatable bonds is 4. The van der Waals surface area contributed by atoms with Crippen molar-refractivity contribution in [3.63, 3.8) is 0 Å². The first-order valence-corrected chi connectivity index (χ1v) is 10.7. The molecule has 2 aliphatic heterocycles. The standard InChI is InChI=1S/C15H25N3O3S2/c1-3-23(19,20)18-7-8-21-15(12-18)5-4-6-17(11-15)9-14-10-22-13(2)16-14/h10H,3-9,11-12H2,1-2H3. The molecule has 1 spiro atoms. The molecular weight excluding hydrogens is 334 g/mol. The number of sulfonamides is 1. The molecule has 2 saturated heterocycles. The molecule has 8 heteroatoms. The Hall–Kier alpha value is -0.540. The lowest BCUT2D eigenvalue weighted by Gasteiger charge is -2.47. The van der Waals surface area contributed by atoms with Gasteiger partial charge in [0.2, 0.25) is 10.0 Å². The number of morpholine rings is 1. The number of aryl methyl sites for hydroxylation is 1. The van der Waals surface area contributed by atoms with Crippen molar-refractivity contribution in [3.05, 3.63) is 16.1 Å². The summed E-state index contributed by atoms with van der Waals surface area (Å²) in [4.78, 5) is 6.88. The Bertz CT molecular complexity index is 642. The SMILES string of the molecule is CCS(=O)(=O)N1CCOC2(CCCN(Cc3csc(C)n3)C2)C1. The van der Waals surface area contributed by atoms with E-state index in [1.54, 1.807) is 22.6 Å². The smallest absolute Gasteiger partial charge is 0.214 e. The number of likely N-dealkylation sites (tertiary alicyclic amines) is 1. The van der Waals surface area contributed by atoms with Crippen LogP contribution in [-0.2, 0) is 21.3 Å². The Balaban J connectivity index is 1.69. The molecule has 6 nitrogen and oxygen atoms in total. The summed E-state index contributed by atoms with van der Waals surface area (Å²) in [6.45, 7) is 7.78. The zero-order valence-corrected chi connectivity index (χ0v) is 15.5. The lowest BCUT2D eigenvalue weighted by molar-refractivity contribution is -0.125. The fourth-order valence-corrected chi connectivity index (χ4v) is 5.27. The zero-order valence-electron chi connectivity index (χ0n) is 13.8. The predicted octanol–water partition coefficient (Wildman–Crippen LogP) is 1.47. The molecule has 0 N–H and O–H groups in total. The van der Waals surface area contributed by atoms with E-state index in [1.165, 1.54) is 0 Å². The molecule has 23 heavy (non-hydrogen) atoms. The van der Waals surface area contributed by atoms with E-state index in [-0.39, 0.29) is 11.4 Å². The van der Waals surface area contributed by atoms with Gasteiger partial charge in [0.05, 0.1) is 28.7 Å². The summed E-state index contributed by atoms with van der Waals surface area (Å²) >= 11 is 1.67. The third-order valence-corrected chi connectivity index (χ3v) is 7.29. The van der Waals surface area contributed by atoms with E-state index in [1.807, 2.05) is 6.92 Å². The molecule has 0 aromatic carbocycles. The second kappa shape index (κ2) is 6.76. The van der Waals surface area contributed by atoms with Gasteiger partial charge in [-0.05, 0) is 33.2 Å². The minimum Gasteiger partial charge on any atom is -0.371 e. The molecule has 130 valence electrons. The van der Waals surface area contributed by atoms with Gasteiger partial charge in [0, 0.05) is 31.6 Å². The van der Waals surface area contributed by atoms with Crippen LogP contribution in [0.2, 0.25) is 0 Å². The van der Waals surface area contributed by atoms with E-state index in [2.05, 4.69) is 15.3 Å². The van der Waals surface area contributed by atoms with Crippen molar-refractivity contribution in [2.75, 3.05) is 38.5 Å². The highest BCUT2D eigenvalue weighted by atomic mass is 32.2. The van der Waals surface area contributed by atoms with Crippen LogP contribution in [0.1, 0.15) is 30.5 Å². The Morgan fingerprint density at radius 1 is 1.39 bits per heavy atom. The van der Waals surface area contributed by atoms with Crippen molar-refractivity contribution in [1.29, 1.82) is 0 Å². The van der Waals surface area contributed by atoms with Crippen LogP contribution >= 0.6 is 11.3 Å². The minimum atomic E-state index is -3.15. The summed E-state index contributed by atoms with van der Waals surface area (Å²) in [6.07, 6.45) is 1.96. The molecule has 1 aromatic rings. The van der Waals surface area contributed by atoms with Crippen LogP contribution in [-0.4, -0.2) is 66.7 Å². The maximum atomic E-state index is 12.2. The first kappa shape index (κ1) is 17.3. The fraction of sp³-hybridized carbons (Fsp3) is 0.800. The Morgan fingerprint density at radius 3 is 2.91 bits per heavy atom. The number of piperidine rings is 1. The number of nitrogens with zero attached hydrogens (tertiary/aromatic N) is 3. The van der Waals surface area contributed by atoms with Crippen LogP contribution < -0.4 is 0 Å². The van der Waals surface area contributed by atoms with E-state index in [0.29, 0.717) is 19.7 Å². The Morgan fingerprint density at radius 2 is 2.22 bits per heavy atom. The van der Waals surface area contributed by atoms with Crippen molar-refractivity contribution in [1.82, 2.24) is 14.2 Å². The normalized spacial score (nSPS) is 27.6. The predicted molar refractivity (Wildman–Crippen MR) is 91.1 cm³/mol. The van der Waals surface area contributed by atoms with Gasteiger partial charge in [0.1, 0.15) is 0 Å². The quantitative estimate of drug-likeness (QED) is 0.815. The van der Waals surface area contributed by atoms with Crippen LogP contribution in [0.4, 0.5) is 0 Å². The molecule has 0 amide bonds. The van der Waals surface area contributed by atoms with Gasteiger partial charge < -0.3 is 4.74 Å². The molecule has 3 rings (SSSR count). The third kappa shape index (κ3) is 3.93. The van der Waals surface area contributed by atoms with Gasteiger partial charge in [0.15, 0.2) is 0 Å². The molecular formula is C15H25N3O3S2. The van der Waals surface area contributed by atoms with Crippen LogP contribution in [0.3, 0.4) is 0 Å². The summed E-state index contributed by atoms with van der Waals surface area (Å²) in [6, 6.07) is 0. The molecule has 1 atom stereocenters. The van der Waals surface area contributed by atoms with Crippen molar-refractivity contribution < 1.29 is 13.2 Å². The molecule has 1 unspecified atom stereocenters. The number of thiazole rings is 1. The van der Waals surface area contributed by atoms with Crippen LogP contribution in [0.15, 0.2) is 5.38 Å². The Kier molecular flexibility index (Phi) is 5.08. The highest BCUT2D eigenvalue weighted by Crippen LogP contribution is 2.31. The lowest BCUT2D eigenvalue weighted by Crippen LogP contribution is -2.60. The minimum absolute atomic E-state index is 0.158. The summed E-state index contributed by atoms with van der Waals surface area (Å²) in [5.74, 6) is 0.158. The molecule has 0 bridgehead atoms. The Labute approximate surface area is 142 Å². The average Bonchev–Trinajstić information content (AvgIpc) is 2.92. The van der Waals surface area contributed by atoms with Crippen molar-refractivity contribution in [2.45, 2.75) is 38.8 Å². The zero-order chi connectivity index (χ0) is 16.5. The second-order valence-electron chi connectivity index (χ2n) is 6.44. The van der Waals surface area contributed by atoms with E-state index < -0.39 is 10.0 Å². The van der Waals surface area contributed by atoms with Gasteiger partial charge in [-0.2, -0.15) is 4.31 Å². The first-order valence-electron chi connectivity index (χ1n) is 8.18. The van der Waals surface area contributed by atoms with Gasteiger partial charge in [-0.3, -0.25) is 4.90 Å². The molecule has 0 saturated carbocycles. The largest absolute Gasteiger partial charge is 0.371 e. The average molecular weight is 360 g/mol. The van der Waals surface area contributed by atoms with E-state index >= 15 is 0 Å². The van der Waals surface area contributed by atoms with Crippen molar-refractivity contribution >= 4 is 21.4 Å². The van der Waals surface area contributed by atoms with E-state index in [0.717, 1.165) is 43.2 Å². The summed E-state index contributed by atoms with van der Waals surface area (Å²) in [7, 11) is -3.15. The van der Waals surface area contributed by atoms with Gasteiger partial charge in [0.25, 0.3) is 0 Å². The maximum Gasteiger partial charge on any atom is 0.214 e. The highest BCUT2D eigenvalue weighted by molar-refractivity contribution is 7.89. The fourth-order valence-electron chi connectivity index (χ4n) is 3.51. The molecule has 2 aliphatic rings. The monoisotopic (exact) mass is 359 g/mol. The van der Waals surface area contributed by atoms with Gasteiger partial charge >= 0.3 is 0 Å². The third-order valence-electron chi connectivity index (χ3n) is 4.64. The number of hydrogen-bond donors (Lipinski definition) is 0. The number of ether oxygens (including phenoxy) is 1. The first-order chi connectivity index (χ1) is 10.9. The summed E-state index contributed by atoms with van der Waals surface area (Å²) in [5.41, 5.74) is 0.738. The van der Waals surface area contributed by atoms with Crippen molar-refractivity contribution in [2.24, 2.45) is 0 Å². The van der Waals surface area contributed by atoms with Gasteiger partial charge in [-0.15, -0.1) is 11.3 Å². The number of aromatic nitrogens is 1. The van der Waals surface area contributed by atoms with Crippen molar-refractivity contribution in [3.8, 4) is 0 Å². The van der Waals surface area contributed by atoms with E-state index in [4.69, 9.17) is 4.74 Å². The van der Waals surface area contributed by atoms with Crippen LogP contribution in [0.25, 0.3) is 0 Å². The van der Waals surface area contributed by atoms with Crippen LogP contribution in [0.5, 0.6) is 0 Å². The van der Waals surface area contributed by atoms with Crippen LogP contribution in [0, 0.1) is 6.92 Å². The van der Waals surface area contributed by atoms with E-state index in [9.17, 15) is 8.42 Å². The number of hydrogen-bond acceptors (Lipinski definition) is 6. The van der Waals surface area contributed by atoms with Gasteiger partial charge in [-0.25, -0.2) is 13.4 Å². The van der Waals surface area contributed by atoms with Gasteiger partial charge in [-0.1, -0.05) is 0 Å². The molecule has 0 aliphatic carbocycles. The molecule has 0 radical (unpaired) electrons.